The maximum Gasteiger partial charge on any atom is 0.401 e. The summed E-state index contributed by atoms with van der Waals surface area (Å²) in [6.45, 7) is -0.347. The van der Waals surface area contributed by atoms with Gasteiger partial charge in [-0.25, -0.2) is 4.98 Å². The summed E-state index contributed by atoms with van der Waals surface area (Å²) >= 11 is 1.42. The van der Waals surface area contributed by atoms with E-state index in [0.717, 1.165) is 5.01 Å². The molecule has 0 unspecified atom stereocenters. The molecule has 7 heteroatoms. The van der Waals surface area contributed by atoms with Gasteiger partial charge in [-0.2, -0.15) is 13.2 Å². The fraction of sp³-hybridized carbons (Fsp3) is 0.625. The number of alkyl halides is 3. The molecule has 3 N–H and O–H groups in total. The smallest absolute Gasteiger partial charge is 0.330 e. The molecular weight excluding hydrogens is 227 g/mol. The van der Waals surface area contributed by atoms with Gasteiger partial charge >= 0.3 is 6.18 Å². The number of halogens is 3. The van der Waals surface area contributed by atoms with Crippen molar-refractivity contribution in [2.24, 2.45) is 5.73 Å². The normalized spacial score (nSPS) is 12.0. The zero-order valence-electron chi connectivity index (χ0n) is 7.97. The predicted octanol–water partition coefficient (Wildman–Crippen LogP) is 1.30. The van der Waals surface area contributed by atoms with Crippen molar-refractivity contribution < 1.29 is 13.2 Å². The summed E-state index contributed by atoms with van der Waals surface area (Å²) in [5.74, 6) is 0. The van der Waals surface area contributed by atoms with E-state index < -0.39 is 12.7 Å². The van der Waals surface area contributed by atoms with Crippen LogP contribution < -0.4 is 11.1 Å². The molecule has 15 heavy (non-hydrogen) atoms. The molecule has 0 saturated heterocycles. The molecule has 86 valence electrons. The fourth-order valence-corrected chi connectivity index (χ4v) is 1.81. The first kappa shape index (κ1) is 12.4. The molecule has 0 aliphatic carbocycles. The molecule has 0 aliphatic rings. The molecule has 1 heterocycles. The van der Waals surface area contributed by atoms with Crippen LogP contribution in [-0.4, -0.2) is 24.2 Å². The standard InChI is InChI=1S/C8H12F3N3S/c9-8(10,11)5-13-3-6-4-15-7(14-6)1-2-12/h4,13H,1-3,5,12H2. The lowest BCUT2D eigenvalue weighted by atomic mass is 10.4. The van der Waals surface area contributed by atoms with Gasteiger partial charge in [-0.05, 0) is 6.54 Å². The largest absolute Gasteiger partial charge is 0.401 e. The summed E-state index contributed by atoms with van der Waals surface area (Å²) in [6.07, 6.45) is -3.50. The third-order valence-electron chi connectivity index (χ3n) is 1.59. The van der Waals surface area contributed by atoms with Crippen LogP contribution in [0.3, 0.4) is 0 Å². The average Bonchev–Trinajstić information content (AvgIpc) is 2.51. The minimum Gasteiger partial charge on any atom is -0.330 e. The summed E-state index contributed by atoms with van der Waals surface area (Å²) in [4.78, 5) is 4.13. The number of nitrogens with two attached hydrogens (primary N) is 1. The molecule has 0 aliphatic heterocycles. The number of hydrogen-bond acceptors (Lipinski definition) is 4. The molecule has 1 rings (SSSR count). The lowest BCUT2D eigenvalue weighted by Crippen LogP contribution is -2.28. The van der Waals surface area contributed by atoms with E-state index in [4.69, 9.17) is 5.73 Å². The summed E-state index contributed by atoms with van der Waals surface area (Å²) in [7, 11) is 0. The van der Waals surface area contributed by atoms with Crippen molar-refractivity contribution in [1.29, 1.82) is 0 Å². The molecule has 0 aromatic carbocycles. The number of rotatable bonds is 5. The van der Waals surface area contributed by atoms with Gasteiger partial charge in [0.2, 0.25) is 0 Å². The Hall–Kier alpha value is -0.660. The van der Waals surface area contributed by atoms with Crippen molar-refractivity contribution in [3.8, 4) is 0 Å². The second-order valence-electron chi connectivity index (χ2n) is 2.99. The van der Waals surface area contributed by atoms with Gasteiger partial charge in [0.1, 0.15) is 0 Å². The van der Waals surface area contributed by atoms with Gasteiger partial charge in [0.05, 0.1) is 17.2 Å². The molecule has 3 nitrogen and oxygen atoms in total. The third kappa shape index (κ3) is 5.10. The van der Waals surface area contributed by atoms with Crippen LogP contribution in [0.1, 0.15) is 10.7 Å². The van der Waals surface area contributed by atoms with Crippen molar-refractivity contribution in [2.75, 3.05) is 13.1 Å². The van der Waals surface area contributed by atoms with E-state index in [-0.39, 0.29) is 6.54 Å². The predicted molar refractivity (Wildman–Crippen MR) is 52.6 cm³/mol. The lowest BCUT2D eigenvalue weighted by Gasteiger charge is -2.06. The van der Waals surface area contributed by atoms with Crippen LogP contribution in [0.4, 0.5) is 13.2 Å². The Balaban J connectivity index is 2.31. The van der Waals surface area contributed by atoms with Crippen LogP contribution in [-0.2, 0) is 13.0 Å². The number of nitrogens with zero attached hydrogens (tertiary/aromatic N) is 1. The molecule has 0 spiro atoms. The summed E-state index contributed by atoms with van der Waals surface area (Å²) in [6, 6.07) is 0. The van der Waals surface area contributed by atoms with Crippen LogP contribution in [0.15, 0.2) is 5.38 Å². The topological polar surface area (TPSA) is 50.9 Å². The highest BCUT2D eigenvalue weighted by atomic mass is 32.1. The van der Waals surface area contributed by atoms with Crippen LogP contribution in [0.25, 0.3) is 0 Å². The van der Waals surface area contributed by atoms with Crippen molar-refractivity contribution in [2.45, 2.75) is 19.1 Å². The molecule has 1 aromatic heterocycles. The zero-order valence-corrected chi connectivity index (χ0v) is 8.79. The Morgan fingerprint density at radius 3 is 2.80 bits per heavy atom. The molecule has 0 radical (unpaired) electrons. The lowest BCUT2D eigenvalue weighted by molar-refractivity contribution is -0.125. The number of nitrogens with one attached hydrogen (secondary N) is 1. The van der Waals surface area contributed by atoms with Crippen molar-refractivity contribution in [3.63, 3.8) is 0 Å². The van der Waals surface area contributed by atoms with Crippen LogP contribution >= 0.6 is 11.3 Å². The fourth-order valence-electron chi connectivity index (χ4n) is 1.00. The molecule has 1 aromatic rings. The van der Waals surface area contributed by atoms with E-state index in [0.29, 0.717) is 18.7 Å². The molecular formula is C8H12F3N3S. The highest BCUT2D eigenvalue weighted by Crippen LogP contribution is 2.13. The van der Waals surface area contributed by atoms with E-state index in [1.165, 1.54) is 11.3 Å². The second-order valence-corrected chi connectivity index (χ2v) is 3.93. The highest BCUT2D eigenvalue weighted by molar-refractivity contribution is 7.09. The van der Waals surface area contributed by atoms with E-state index in [1.807, 2.05) is 0 Å². The average molecular weight is 239 g/mol. The van der Waals surface area contributed by atoms with Gasteiger partial charge in [0.15, 0.2) is 0 Å². The van der Waals surface area contributed by atoms with Gasteiger partial charge in [-0.1, -0.05) is 0 Å². The van der Waals surface area contributed by atoms with E-state index >= 15 is 0 Å². The number of aromatic nitrogens is 1. The van der Waals surface area contributed by atoms with Gasteiger partial charge in [-0.15, -0.1) is 11.3 Å². The third-order valence-corrected chi connectivity index (χ3v) is 2.55. The quantitative estimate of drug-likeness (QED) is 0.814. The molecule has 0 fully saturated rings. The summed E-state index contributed by atoms with van der Waals surface area (Å²) in [5.41, 5.74) is 5.96. The van der Waals surface area contributed by atoms with E-state index in [1.54, 1.807) is 5.38 Å². The number of thiazole rings is 1. The van der Waals surface area contributed by atoms with Crippen LogP contribution in [0, 0.1) is 0 Å². The Morgan fingerprint density at radius 2 is 2.20 bits per heavy atom. The first-order chi connectivity index (χ1) is 7.01. The molecule has 0 amide bonds. The minimum absolute atomic E-state index is 0.139. The van der Waals surface area contributed by atoms with Crippen molar-refractivity contribution >= 4 is 11.3 Å². The number of hydrogen-bond donors (Lipinski definition) is 2. The first-order valence-corrected chi connectivity index (χ1v) is 5.30. The van der Waals surface area contributed by atoms with Crippen molar-refractivity contribution in [1.82, 2.24) is 10.3 Å². The summed E-state index contributed by atoms with van der Waals surface area (Å²) in [5, 5.41) is 4.89. The summed E-state index contributed by atoms with van der Waals surface area (Å²) < 4.78 is 35.4. The molecule has 0 bridgehead atoms. The Morgan fingerprint density at radius 1 is 1.47 bits per heavy atom. The van der Waals surface area contributed by atoms with Crippen molar-refractivity contribution in [3.05, 3.63) is 16.1 Å². The van der Waals surface area contributed by atoms with Gasteiger partial charge in [-0.3, -0.25) is 0 Å². The minimum atomic E-state index is -4.17. The maximum absolute atomic E-state index is 11.8. The SMILES string of the molecule is NCCc1nc(CNCC(F)(F)F)cs1. The molecule has 0 saturated carbocycles. The maximum atomic E-state index is 11.8. The first-order valence-electron chi connectivity index (χ1n) is 4.42. The van der Waals surface area contributed by atoms with E-state index in [9.17, 15) is 13.2 Å². The van der Waals surface area contributed by atoms with E-state index in [2.05, 4.69) is 10.3 Å². The second kappa shape index (κ2) is 5.43. The monoisotopic (exact) mass is 239 g/mol. The van der Waals surface area contributed by atoms with Gasteiger partial charge < -0.3 is 11.1 Å². The Kier molecular flexibility index (Phi) is 4.49. The van der Waals surface area contributed by atoms with Crippen LogP contribution in [0.2, 0.25) is 0 Å². The Bertz CT molecular complexity index is 298. The van der Waals surface area contributed by atoms with Crippen LogP contribution in [0.5, 0.6) is 0 Å². The van der Waals surface area contributed by atoms with Gasteiger partial charge in [0.25, 0.3) is 0 Å². The zero-order chi connectivity index (χ0) is 11.3. The Labute approximate surface area is 89.5 Å². The highest BCUT2D eigenvalue weighted by Gasteiger charge is 2.26. The molecule has 0 atom stereocenters. The van der Waals surface area contributed by atoms with Gasteiger partial charge in [0, 0.05) is 18.3 Å².